The van der Waals surface area contributed by atoms with Crippen molar-refractivity contribution in [3.8, 4) is 0 Å². The van der Waals surface area contributed by atoms with Gasteiger partial charge in [-0.2, -0.15) is 0 Å². The number of nitrogens with two attached hydrogens (primary N) is 1. The maximum Gasteiger partial charge on any atom is 0.312 e. The molecule has 0 aliphatic heterocycles. The molecule has 0 aromatic heterocycles. The highest BCUT2D eigenvalue weighted by atomic mass is 16.3. The summed E-state index contributed by atoms with van der Waals surface area (Å²) in [6.07, 6.45) is 0.803. The molecule has 0 bridgehead atoms. The molecular formula is C19H31N5O4. The number of hydrogen-bond donors (Lipinski definition) is 6. The summed E-state index contributed by atoms with van der Waals surface area (Å²) in [6.45, 7) is 4.05. The van der Waals surface area contributed by atoms with Crippen molar-refractivity contribution in [2.24, 2.45) is 11.7 Å². The van der Waals surface area contributed by atoms with Gasteiger partial charge in [-0.3, -0.25) is 9.59 Å². The molecule has 156 valence electrons. The monoisotopic (exact) mass is 393 g/mol. The molecule has 4 amide bonds. The number of nitrogens with one attached hydrogen (secondary N) is 4. The van der Waals surface area contributed by atoms with Crippen LogP contribution in [0.25, 0.3) is 0 Å². The number of carbonyl (C=O) groups excluding carboxylic acids is 3. The number of hydrogen-bond acceptors (Lipinski definition) is 5. The molecule has 2 atom stereocenters. The SMILES string of the molecule is CN[C@H](C(=O)N[C@@H](CCCNC(N)=O)C(=O)Nc1ccc(CO)cc1)C(C)C. The number of benzene rings is 1. The highest BCUT2D eigenvalue weighted by Gasteiger charge is 2.26. The van der Waals surface area contributed by atoms with E-state index in [1.807, 2.05) is 13.8 Å². The first-order valence-electron chi connectivity index (χ1n) is 9.30. The third kappa shape index (κ3) is 7.93. The van der Waals surface area contributed by atoms with Gasteiger partial charge < -0.3 is 32.1 Å². The molecule has 0 radical (unpaired) electrons. The number of likely N-dealkylation sites (N-methyl/N-ethyl adjacent to an activating group) is 1. The van der Waals surface area contributed by atoms with Crippen molar-refractivity contribution in [1.82, 2.24) is 16.0 Å². The zero-order valence-electron chi connectivity index (χ0n) is 16.6. The summed E-state index contributed by atoms with van der Waals surface area (Å²) in [6, 6.07) is 4.94. The Hall–Kier alpha value is -2.65. The summed E-state index contributed by atoms with van der Waals surface area (Å²) >= 11 is 0. The minimum atomic E-state index is -0.769. The number of aliphatic hydroxyl groups is 1. The molecule has 0 aliphatic rings. The standard InChI is InChI=1S/C19H31N5O4/c1-12(2)16(21-3)18(27)24-15(5-4-10-22-19(20)28)17(26)23-14-8-6-13(11-25)7-9-14/h6-9,12,15-16,21,25H,4-5,10-11H2,1-3H3,(H,23,26)(H,24,27)(H3,20,22,28)/t15-,16-/m0/s1. The molecule has 0 saturated carbocycles. The Balaban J connectivity index is 2.80. The van der Waals surface area contributed by atoms with Crippen molar-refractivity contribution < 1.29 is 19.5 Å². The van der Waals surface area contributed by atoms with Gasteiger partial charge >= 0.3 is 6.03 Å². The van der Waals surface area contributed by atoms with Crippen molar-refractivity contribution in [2.75, 3.05) is 18.9 Å². The van der Waals surface area contributed by atoms with Crippen LogP contribution >= 0.6 is 0 Å². The van der Waals surface area contributed by atoms with E-state index >= 15 is 0 Å². The molecule has 0 fully saturated rings. The average Bonchev–Trinajstić information content (AvgIpc) is 2.64. The number of rotatable bonds is 11. The van der Waals surface area contributed by atoms with Gasteiger partial charge in [-0.1, -0.05) is 26.0 Å². The molecule has 1 aromatic rings. The molecule has 9 heteroatoms. The van der Waals surface area contributed by atoms with Crippen LogP contribution in [0.15, 0.2) is 24.3 Å². The van der Waals surface area contributed by atoms with E-state index in [0.717, 1.165) is 5.56 Å². The molecule has 28 heavy (non-hydrogen) atoms. The van der Waals surface area contributed by atoms with Crippen LogP contribution in [0.5, 0.6) is 0 Å². The summed E-state index contributed by atoms with van der Waals surface area (Å²) in [4.78, 5) is 36.0. The summed E-state index contributed by atoms with van der Waals surface area (Å²) in [7, 11) is 1.69. The number of urea groups is 1. The lowest BCUT2D eigenvalue weighted by molar-refractivity contribution is -0.128. The van der Waals surface area contributed by atoms with Crippen molar-refractivity contribution in [2.45, 2.75) is 45.4 Å². The van der Waals surface area contributed by atoms with Gasteiger partial charge in [0.2, 0.25) is 11.8 Å². The van der Waals surface area contributed by atoms with E-state index in [0.29, 0.717) is 25.1 Å². The Labute approximate surface area is 165 Å². The van der Waals surface area contributed by atoms with Gasteiger partial charge in [-0.05, 0) is 43.5 Å². The third-order valence-electron chi connectivity index (χ3n) is 4.27. The summed E-state index contributed by atoms with van der Waals surface area (Å²) in [5.74, 6) is -0.574. The van der Waals surface area contributed by atoms with E-state index in [2.05, 4.69) is 21.3 Å². The molecule has 7 N–H and O–H groups in total. The van der Waals surface area contributed by atoms with E-state index < -0.39 is 18.1 Å². The van der Waals surface area contributed by atoms with E-state index in [4.69, 9.17) is 10.8 Å². The molecule has 0 aliphatic carbocycles. The topological polar surface area (TPSA) is 146 Å². The fourth-order valence-electron chi connectivity index (χ4n) is 2.74. The fourth-order valence-corrected chi connectivity index (χ4v) is 2.74. The van der Waals surface area contributed by atoms with Crippen LogP contribution in [0.4, 0.5) is 10.5 Å². The summed E-state index contributed by atoms with van der Waals surface area (Å²) in [5, 5.41) is 20.1. The van der Waals surface area contributed by atoms with E-state index in [-0.39, 0.29) is 24.3 Å². The highest BCUT2D eigenvalue weighted by Crippen LogP contribution is 2.11. The zero-order chi connectivity index (χ0) is 21.1. The minimum Gasteiger partial charge on any atom is -0.392 e. The quantitative estimate of drug-likeness (QED) is 0.299. The molecule has 1 rings (SSSR count). The number of amides is 4. The molecule has 1 aromatic carbocycles. The zero-order valence-corrected chi connectivity index (χ0v) is 16.6. The number of primary amides is 1. The number of aliphatic hydroxyl groups excluding tert-OH is 1. The molecule has 9 nitrogen and oxygen atoms in total. The minimum absolute atomic E-state index is 0.0521. The summed E-state index contributed by atoms with van der Waals surface area (Å²) in [5.41, 5.74) is 6.33. The van der Waals surface area contributed by atoms with Gasteiger partial charge in [-0.15, -0.1) is 0 Å². The maximum atomic E-state index is 12.7. The lowest BCUT2D eigenvalue weighted by atomic mass is 10.0. The van der Waals surface area contributed by atoms with Gasteiger partial charge in [0.05, 0.1) is 12.6 Å². The fraction of sp³-hybridized carbons (Fsp3) is 0.526. The van der Waals surface area contributed by atoms with Crippen LogP contribution in [0.1, 0.15) is 32.3 Å². The molecule has 0 heterocycles. The number of anilines is 1. The second-order valence-corrected chi connectivity index (χ2v) is 6.85. The van der Waals surface area contributed by atoms with Gasteiger partial charge in [0.1, 0.15) is 6.04 Å². The van der Waals surface area contributed by atoms with Crippen LogP contribution in [-0.2, 0) is 16.2 Å². The van der Waals surface area contributed by atoms with Gasteiger partial charge in [-0.25, -0.2) is 4.79 Å². The van der Waals surface area contributed by atoms with E-state index in [9.17, 15) is 14.4 Å². The first kappa shape index (κ1) is 23.4. The van der Waals surface area contributed by atoms with Crippen LogP contribution in [-0.4, -0.2) is 48.6 Å². The van der Waals surface area contributed by atoms with Crippen LogP contribution in [0, 0.1) is 5.92 Å². The normalized spacial score (nSPS) is 12.9. The van der Waals surface area contributed by atoms with Crippen molar-refractivity contribution >= 4 is 23.5 Å². The van der Waals surface area contributed by atoms with Gasteiger partial charge in [0.15, 0.2) is 0 Å². The Kier molecular flexibility index (Phi) is 9.97. The second-order valence-electron chi connectivity index (χ2n) is 6.85. The highest BCUT2D eigenvalue weighted by molar-refractivity contribution is 5.97. The Morgan fingerprint density at radius 3 is 2.25 bits per heavy atom. The molecular weight excluding hydrogens is 362 g/mol. The predicted molar refractivity (Wildman–Crippen MR) is 107 cm³/mol. The molecule has 0 spiro atoms. The van der Waals surface area contributed by atoms with Crippen molar-refractivity contribution in [1.29, 1.82) is 0 Å². The maximum absolute atomic E-state index is 12.7. The Morgan fingerprint density at radius 1 is 1.11 bits per heavy atom. The van der Waals surface area contributed by atoms with Crippen molar-refractivity contribution in [3.63, 3.8) is 0 Å². The third-order valence-corrected chi connectivity index (χ3v) is 4.27. The van der Waals surface area contributed by atoms with E-state index in [1.54, 1.807) is 31.3 Å². The van der Waals surface area contributed by atoms with Crippen LogP contribution in [0.3, 0.4) is 0 Å². The smallest absolute Gasteiger partial charge is 0.312 e. The van der Waals surface area contributed by atoms with Gasteiger partial charge in [0, 0.05) is 12.2 Å². The summed E-state index contributed by atoms with van der Waals surface area (Å²) < 4.78 is 0. The predicted octanol–water partition coefficient (Wildman–Crippen LogP) is 0.295. The lowest BCUT2D eigenvalue weighted by Crippen LogP contribution is -2.52. The van der Waals surface area contributed by atoms with Gasteiger partial charge in [0.25, 0.3) is 0 Å². The lowest BCUT2D eigenvalue weighted by Gasteiger charge is -2.24. The van der Waals surface area contributed by atoms with E-state index in [1.165, 1.54) is 0 Å². The Bertz CT molecular complexity index is 648. The largest absolute Gasteiger partial charge is 0.392 e. The molecule has 0 saturated heterocycles. The van der Waals surface area contributed by atoms with Crippen LogP contribution < -0.4 is 27.0 Å². The average molecular weight is 393 g/mol. The van der Waals surface area contributed by atoms with Crippen molar-refractivity contribution in [3.05, 3.63) is 29.8 Å². The molecule has 0 unspecified atom stereocenters. The Morgan fingerprint density at radius 2 is 1.75 bits per heavy atom. The first-order chi connectivity index (χ1) is 13.3. The second kappa shape index (κ2) is 11.9. The first-order valence-corrected chi connectivity index (χ1v) is 9.30. The van der Waals surface area contributed by atoms with Crippen LogP contribution in [0.2, 0.25) is 0 Å². The number of carbonyl (C=O) groups is 3.